The van der Waals surface area contributed by atoms with Crippen molar-refractivity contribution < 1.29 is 4.79 Å². The third-order valence-electron chi connectivity index (χ3n) is 2.25. The lowest BCUT2D eigenvalue weighted by molar-refractivity contribution is 0.0939. The van der Waals surface area contributed by atoms with Gasteiger partial charge in [-0.15, -0.1) is 10.2 Å². The summed E-state index contributed by atoms with van der Waals surface area (Å²) in [4.78, 5) is 20.1. The van der Waals surface area contributed by atoms with E-state index in [-0.39, 0.29) is 11.9 Å². The molecule has 0 spiro atoms. The number of aromatic nitrogens is 4. The Bertz CT molecular complexity index is 570. The van der Waals surface area contributed by atoms with Crippen LogP contribution in [0.5, 0.6) is 0 Å². The van der Waals surface area contributed by atoms with Gasteiger partial charge in [0, 0.05) is 12.4 Å². The smallest absolute Gasteiger partial charge is 0.254 e. The van der Waals surface area contributed by atoms with Gasteiger partial charge in [0.2, 0.25) is 5.13 Å². The Morgan fingerprint density at radius 3 is 2.63 bits per heavy atom. The summed E-state index contributed by atoms with van der Waals surface area (Å²) in [5.74, 6) is -0.256. The van der Waals surface area contributed by atoms with Crippen LogP contribution in [0.2, 0.25) is 0 Å². The molecule has 2 aromatic rings. The van der Waals surface area contributed by atoms with Crippen molar-refractivity contribution in [2.75, 3.05) is 12.0 Å². The Morgan fingerprint density at radius 2 is 2.11 bits per heavy atom. The van der Waals surface area contributed by atoms with Gasteiger partial charge in [-0.05, 0) is 13.2 Å². The molecule has 0 aliphatic rings. The highest BCUT2D eigenvalue weighted by molar-refractivity contribution is 7.98. The number of amides is 1. The van der Waals surface area contributed by atoms with Crippen molar-refractivity contribution in [2.24, 2.45) is 0 Å². The first-order valence-electron chi connectivity index (χ1n) is 5.36. The van der Waals surface area contributed by atoms with Crippen LogP contribution in [0.3, 0.4) is 0 Å². The molecule has 0 fully saturated rings. The molecule has 0 aliphatic heterocycles. The number of hydrogen-bond acceptors (Lipinski definition) is 8. The lowest BCUT2D eigenvalue weighted by Gasteiger charge is -2.10. The van der Waals surface area contributed by atoms with Gasteiger partial charge >= 0.3 is 0 Å². The average molecular weight is 296 g/mol. The third-order valence-corrected chi connectivity index (χ3v) is 3.76. The van der Waals surface area contributed by atoms with Crippen molar-refractivity contribution in [1.29, 1.82) is 0 Å². The number of nitrogens with two attached hydrogens (primary N) is 1. The number of carbonyl (C=O) groups excluding carboxylic acids is 1. The first-order valence-corrected chi connectivity index (χ1v) is 7.40. The highest BCUT2D eigenvalue weighted by atomic mass is 32.2. The zero-order valence-electron chi connectivity index (χ0n) is 10.3. The van der Waals surface area contributed by atoms with Crippen molar-refractivity contribution in [1.82, 2.24) is 25.5 Å². The molecule has 2 aromatic heterocycles. The maximum Gasteiger partial charge on any atom is 0.254 e. The Labute approximate surface area is 118 Å². The van der Waals surface area contributed by atoms with Crippen molar-refractivity contribution in [3.8, 4) is 0 Å². The molecular weight excluding hydrogens is 284 g/mol. The molecule has 0 radical (unpaired) electrons. The van der Waals surface area contributed by atoms with E-state index in [4.69, 9.17) is 5.73 Å². The minimum absolute atomic E-state index is 0.256. The first kappa shape index (κ1) is 13.7. The molecular formula is C10H12N6OS2. The van der Waals surface area contributed by atoms with Gasteiger partial charge in [0.15, 0.2) is 5.16 Å². The molecule has 2 rings (SSSR count). The number of anilines is 1. The van der Waals surface area contributed by atoms with Crippen LogP contribution in [-0.2, 0) is 0 Å². The maximum absolute atomic E-state index is 12.0. The highest BCUT2D eigenvalue weighted by Gasteiger charge is 2.15. The fraction of sp³-hybridized carbons (Fsp3) is 0.300. The topological polar surface area (TPSA) is 107 Å². The quantitative estimate of drug-likeness (QED) is 0.643. The van der Waals surface area contributed by atoms with Gasteiger partial charge in [-0.25, -0.2) is 9.97 Å². The fourth-order valence-electron chi connectivity index (χ4n) is 1.30. The van der Waals surface area contributed by atoms with Gasteiger partial charge in [0.1, 0.15) is 5.01 Å². The molecule has 3 N–H and O–H groups in total. The van der Waals surface area contributed by atoms with E-state index in [0.717, 1.165) is 0 Å². The molecule has 100 valence electrons. The molecule has 0 bridgehead atoms. The van der Waals surface area contributed by atoms with E-state index in [9.17, 15) is 4.79 Å². The molecule has 0 aromatic carbocycles. The van der Waals surface area contributed by atoms with Gasteiger partial charge in [-0.1, -0.05) is 23.1 Å². The van der Waals surface area contributed by atoms with Crippen LogP contribution in [0.15, 0.2) is 17.6 Å². The summed E-state index contributed by atoms with van der Waals surface area (Å²) in [6, 6.07) is -0.262. The lowest BCUT2D eigenvalue weighted by Crippen LogP contribution is -2.26. The van der Waals surface area contributed by atoms with E-state index < -0.39 is 0 Å². The second-order valence-corrected chi connectivity index (χ2v) is 5.45. The fourth-order valence-corrected chi connectivity index (χ4v) is 2.23. The minimum Gasteiger partial charge on any atom is -0.374 e. The zero-order chi connectivity index (χ0) is 13.8. The number of nitrogens with one attached hydrogen (secondary N) is 1. The van der Waals surface area contributed by atoms with E-state index in [0.29, 0.717) is 20.9 Å². The standard InChI is InChI=1S/C10H12N6OS2/c1-5(8-15-16-9(11)19-8)14-7(17)6-3-12-10(18-2)13-4-6/h3-5H,1-2H3,(H2,11,16)(H,14,17). The molecule has 9 heteroatoms. The number of carbonyl (C=O) groups is 1. The van der Waals surface area contributed by atoms with Crippen LogP contribution in [0.25, 0.3) is 0 Å². The molecule has 2 heterocycles. The predicted octanol–water partition coefficient (Wildman–Crippen LogP) is 1.12. The lowest BCUT2D eigenvalue weighted by atomic mass is 10.3. The highest BCUT2D eigenvalue weighted by Crippen LogP contribution is 2.19. The summed E-state index contributed by atoms with van der Waals surface area (Å²) in [6.45, 7) is 1.81. The van der Waals surface area contributed by atoms with E-state index in [1.807, 2.05) is 13.2 Å². The number of nitrogens with zero attached hydrogens (tertiary/aromatic N) is 4. The molecule has 0 saturated carbocycles. The Balaban J connectivity index is 2.03. The number of thioether (sulfide) groups is 1. The summed E-state index contributed by atoms with van der Waals surface area (Å²) >= 11 is 2.66. The Morgan fingerprint density at radius 1 is 1.42 bits per heavy atom. The van der Waals surface area contributed by atoms with E-state index in [2.05, 4.69) is 25.5 Å². The van der Waals surface area contributed by atoms with E-state index in [1.54, 1.807) is 0 Å². The zero-order valence-corrected chi connectivity index (χ0v) is 12.0. The summed E-state index contributed by atoms with van der Waals surface area (Å²) in [6.07, 6.45) is 4.86. The molecule has 0 saturated heterocycles. The Kier molecular flexibility index (Phi) is 4.27. The van der Waals surface area contributed by atoms with Gasteiger partial charge in [0.25, 0.3) is 5.91 Å². The average Bonchev–Trinajstić information content (AvgIpc) is 2.85. The van der Waals surface area contributed by atoms with Crippen molar-refractivity contribution >= 4 is 34.1 Å². The van der Waals surface area contributed by atoms with Gasteiger partial charge in [-0.2, -0.15) is 0 Å². The Hall–Kier alpha value is -1.74. The summed E-state index contributed by atoms with van der Waals surface area (Å²) in [5, 5.41) is 12.0. The molecule has 19 heavy (non-hydrogen) atoms. The van der Waals surface area contributed by atoms with Crippen LogP contribution in [-0.4, -0.2) is 32.3 Å². The van der Waals surface area contributed by atoms with Crippen molar-refractivity contribution in [2.45, 2.75) is 18.1 Å². The van der Waals surface area contributed by atoms with Crippen LogP contribution < -0.4 is 11.1 Å². The number of rotatable bonds is 4. The molecule has 1 unspecified atom stereocenters. The SMILES string of the molecule is CSc1ncc(C(=O)NC(C)c2nnc(N)s2)cn1. The van der Waals surface area contributed by atoms with Gasteiger partial charge < -0.3 is 11.1 Å². The van der Waals surface area contributed by atoms with Crippen LogP contribution in [0.1, 0.15) is 28.3 Å². The van der Waals surface area contributed by atoms with Crippen molar-refractivity contribution in [3.63, 3.8) is 0 Å². The van der Waals surface area contributed by atoms with Gasteiger partial charge in [0.05, 0.1) is 11.6 Å². The summed E-state index contributed by atoms with van der Waals surface area (Å²) < 4.78 is 0. The predicted molar refractivity (Wildman–Crippen MR) is 74.0 cm³/mol. The van der Waals surface area contributed by atoms with Crippen LogP contribution >= 0.6 is 23.1 Å². The normalized spacial score (nSPS) is 12.1. The first-order chi connectivity index (χ1) is 9.10. The maximum atomic E-state index is 12.0. The minimum atomic E-state index is -0.262. The monoisotopic (exact) mass is 296 g/mol. The number of hydrogen-bond donors (Lipinski definition) is 2. The van der Waals surface area contributed by atoms with Crippen molar-refractivity contribution in [3.05, 3.63) is 23.0 Å². The second-order valence-electron chi connectivity index (χ2n) is 3.63. The second kappa shape index (κ2) is 5.93. The molecule has 7 nitrogen and oxygen atoms in total. The molecule has 0 aliphatic carbocycles. The third kappa shape index (κ3) is 3.38. The van der Waals surface area contributed by atoms with E-state index >= 15 is 0 Å². The summed E-state index contributed by atoms with van der Waals surface area (Å²) in [7, 11) is 0. The summed E-state index contributed by atoms with van der Waals surface area (Å²) in [5.41, 5.74) is 5.90. The number of nitrogen functional groups attached to an aromatic ring is 1. The van der Waals surface area contributed by atoms with Crippen LogP contribution in [0.4, 0.5) is 5.13 Å². The van der Waals surface area contributed by atoms with E-state index in [1.165, 1.54) is 35.5 Å². The van der Waals surface area contributed by atoms with Crippen LogP contribution in [0, 0.1) is 0 Å². The molecule has 1 amide bonds. The molecule has 1 atom stereocenters. The van der Waals surface area contributed by atoms with Gasteiger partial charge in [-0.3, -0.25) is 4.79 Å². The largest absolute Gasteiger partial charge is 0.374 e.